The number of nitrogens with one attached hydrogen (secondary N) is 1. The quantitative estimate of drug-likeness (QED) is 0.565. The summed E-state index contributed by atoms with van der Waals surface area (Å²) in [5, 5.41) is 22.4. The highest BCUT2D eigenvalue weighted by atomic mass is 32.2. The van der Waals surface area contributed by atoms with Crippen LogP contribution in [0.1, 0.15) is 5.76 Å². The number of rotatable bonds is 7. The number of thioether (sulfide) groups is 1. The number of aromatic nitrogens is 3. The smallest absolute Gasteiger partial charge is 0.313 e. The van der Waals surface area contributed by atoms with E-state index in [4.69, 9.17) is 14.4 Å². The first kappa shape index (κ1) is 15.3. The van der Waals surface area contributed by atoms with E-state index >= 15 is 0 Å². The average Bonchev–Trinajstić information content (AvgIpc) is 3.03. The molecule has 0 aliphatic carbocycles. The summed E-state index contributed by atoms with van der Waals surface area (Å²) in [7, 11) is 0. The third-order valence-electron chi connectivity index (χ3n) is 1.93. The molecule has 0 atom stereocenters. The lowest BCUT2D eigenvalue weighted by Gasteiger charge is -2.00. The molecule has 9 nitrogen and oxygen atoms in total. The highest BCUT2D eigenvalue weighted by molar-refractivity contribution is 8.01. The van der Waals surface area contributed by atoms with Gasteiger partial charge in [-0.25, -0.2) is 0 Å². The van der Waals surface area contributed by atoms with Crippen molar-refractivity contribution < 1.29 is 24.0 Å². The van der Waals surface area contributed by atoms with Gasteiger partial charge >= 0.3 is 5.97 Å². The highest BCUT2D eigenvalue weighted by Crippen LogP contribution is 2.25. The molecule has 0 fully saturated rings. The molecule has 21 heavy (non-hydrogen) atoms. The molecule has 0 radical (unpaired) electrons. The van der Waals surface area contributed by atoms with Gasteiger partial charge in [0.05, 0.1) is 5.75 Å². The molecular weight excluding hydrogens is 320 g/mol. The van der Waals surface area contributed by atoms with E-state index in [-0.39, 0.29) is 23.4 Å². The van der Waals surface area contributed by atoms with E-state index in [0.29, 0.717) is 10.1 Å². The van der Waals surface area contributed by atoms with Gasteiger partial charge in [-0.2, -0.15) is 0 Å². The minimum atomic E-state index is -0.947. The molecule has 1 amide bonds. The van der Waals surface area contributed by atoms with Gasteiger partial charge < -0.3 is 14.4 Å². The van der Waals surface area contributed by atoms with Crippen molar-refractivity contribution in [3.8, 4) is 5.88 Å². The van der Waals surface area contributed by atoms with Crippen molar-refractivity contribution in [3.63, 3.8) is 0 Å². The van der Waals surface area contributed by atoms with Crippen molar-refractivity contribution in [1.82, 2.24) is 15.4 Å². The number of hydrogen-bond acceptors (Lipinski definition) is 9. The number of aryl methyl sites for hydroxylation is 1. The number of anilines is 1. The summed E-state index contributed by atoms with van der Waals surface area (Å²) in [5.74, 6) is -0.692. The second-order valence-corrected chi connectivity index (χ2v) is 5.87. The van der Waals surface area contributed by atoms with Crippen LogP contribution < -0.4 is 10.1 Å². The lowest BCUT2D eigenvalue weighted by molar-refractivity contribution is -0.133. The topological polar surface area (TPSA) is 127 Å². The number of nitrogens with zero attached hydrogens (tertiary/aromatic N) is 3. The van der Waals surface area contributed by atoms with E-state index in [1.165, 1.54) is 0 Å². The Morgan fingerprint density at radius 3 is 3.00 bits per heavy atom. The molecule has 0 saturated heterocycles. The van der Waals surface area contributed by atoms with Gasteiger partial charge in [0.15, 0.2) is 10.9 Å². The van der Waals surface area contributed by atoms with Crippen molar-refractivity contribution >= 4 is 40.1 Å². The Morgan fingerprint density at radius 1 is 1.52 bits per heavy atom. The second kappa shape index (κ2) is 7.04. The molecule has 2 aromatic heterocycles. The van der Waals surface area contributed by atoms with Crippen molar-refractivity contribution in [2.75, 3.05) is 17.7 Å². The normalized spacial score (nSPS) is 10.3. The Bertz CT molecular complexity index is 641. The number of aliphatic carboxylic acids is 1. The second-order valence-electron chi connectivity index (χ2n) is 3.67. The maximum absolute atomic E-state index is 11.6. The van der Waals surface area contributed by atoms with E-state index in [9.17, 15) is 9.59 Å². The zero-order chi connectivity index (χ0) is 15.2. The van der Waals surface area contributed by atoms with Gasteiger partial charge in [-0.1, -0.05) is 23.1 Å². The maximum atomic E-state index is 11.6. The summed E-state index contributed by atoms with van der Waals surface area (Å²) in [6.45, 7) is 1.46. The molecule has 112 valence electrons. The fraction of sp³-hybridized carbons (Fsp3) is 0.300. The van der Waals surface area contributed by atoms with Crippen molar-refractivity contribution in [3.05, 3.63) is 11.8 Å². The summed E-state index contributed by atoms with van der Waals surface area (Å²) < 4.78 is 10.3. The zero-order valence-corrected chi connectivity index (χ0v) is 12.4. The lowest BCUT2D eigenvalue weighted by Crippen LogP contribution is -2.20. The Labute approximate surface area is 126 Å². The lowest BCUT2D eigenvalue weighted by atomic mass is 10.5. The van der Waals surface area contributed by atoms with Crippen LogP contribution >= 0.6 is 23.1 Å². The SMILES string of the molecule is Cc1cc(OCC(=O)Nc2nnc(SCC(=O)O)s2)no1. The molecule has 11 heteroatoms. The Hall–Kier alpha value is -2.14. The molecule has 2 rings (SSSR count). The van der Waals surface area contributed by atoms with Gasteiger partial charge in [-0.05, 0) is 12.1 Å². The predicted molar refractivity (Wildman–Crippen MR) is 73.6 cm³/mol. The zero-order valence-electron chi connectivity index (χ0n) is 10.7. The third kappa shape index (κ3) is 5.04. The fourth-order valence-corrected chi connectivity index (χ4v) is 2.64. The number of ether oxygens (including phenoxy) is 1. The van der Waals surface area contributed by atoms with E-state index in [0.717, 1.165) is 23.1 Å². The van der Waals surface area contributed by atoms with Crippen molar-refractivity contribution in [1.29, 1.82) is 0 Å². The molecule has 0 aliphatic rings. The van der Waals surface area contributed by atoms with Crippen LogP contribution in [0.25, 0.3) is 0 Å². The Kier molecular flexibility index (Phi) is 5.11. The van der Waals surface area contributed by atoms with Gasteiger partial charge in [-0.3, -0.25) is 14.9 Å². The number of carboxylic acid groups (broad SMARTS) is 1. The van der Waals surface area contributed by atoms with Gasteiger partial charge in [0, 0.05) is 6.07 Å². The predicted octanol–water partition coefficient (Wildman–Crippen LogP) is 1.03. The standard InChI is InChI=1S/C10H10N4O5S2/c1-5-2-7(14-19-5)18-3-6(15)11-9-12-13-10(21-9)20-4-8(16)17/h2H,3-4H2,1H3,(H,16,17)(H,11,12,15). The van der Waals surface area contributed by atoms with Crippen LogP contribution in [0, 0.1) is 6.92 Å². The molecule has 2 N–H and O–H groups in total. The number of carbonyl (C=O) groups excluding carboxylic acids is 1. The van der Waals surface area contributed by atoms with Crippen LogP contribution in [0.5, 0.6) is 5.88 Å². The van der Waals surface area contributed by atoms with Crippen LogP contribution in [0.15, 0.2) is 14.9 Å². The molecule has 0 bridgehead atoms. The van der Waals surface area contributed by atoms with Crippen LogP contribution in [-0.4, -0.2) is 44.7 Å². The molecule has 0 spiro atoms. The van der Waals surface area contributed by atoms with E-state index in [1.807, 2.05) is 0 Å². The van der Waals surface area contributed by atoms with Gasteiger partial charge in [-0.15, -0.1) is 10.2 Å². The van der Waals surface area contributed by atoms with Gasteiger partial charge in [0.25, 0.3) is 11.8 Å². The van der Waals surface area contributed by atoms with Crippen LogP contribution in [0.3, 0.4) is 0 Å². The minimum absolute atomic E-state index is 0.114. The Balaban J connectivity index is 1.78. The monoisotopic (exact) mass is 330 g/mol. The number of hydrogen-bond donors (Lipinski definition) is 2. The van der Waals surface area contributed by atoms with Crippen LogP contribution in [0.4, 0.5) is 5.13 Å². The third-order valence-corrected chi connectivity index (χ3v) is 3.89. The molecule has 0 saturated carbocycles. The fourth-order valence-electron chi connectivity index (χ4n) is 1.15. The maximum Gasteiger partial charge on any atom is 0.313 e. The van der Waals surface area contributed by atoms with Crippen LogP contribution in [-0.2, 0) is 9.59 Å². The van der Waals surface area contributed by atoms with Gasteiger partial charge in [0.1, 0.15) is 5.76 Å². The molecule has 2 aromatic rings. The van der Waals surface area contributed by atoms with E-state index < -0.39 is 11.9 Å². The van der Waals surface area contributed by atoms with E-state index in [2.05, 4.69) is 20.7 Å². The summed E-state index contributed by atoms with van der Waals surface area (Å²) >= 11 is 2.11. The number of carbonyl (C=O) groups is 2. The summed E-state index contributed by atoms with van der Waals surface area (Å²) in [5.41, 5.74) is 0. The van der Waals surface area contributed by atoms with Crippen molar-refractivity contribution in [2.45, 2.75) is 11.3 Å². The average molecular weight is 330 g/mol. The molecule has 0 aliphatic heterocycles. The van der Waals surface area contributed by atoms with Gasteiger partial charge in [0.2, 0.25) is 5.13 Å². The summed E-state index contributed by atoms with van der Waals surface area (Å²) in [6.07, 6.45) is 0. The summed E-state index contributed by atoms with van der Waals surface area (Å²) in [4.78, 5) is 22.0. The minimum Gasteiger partial charge on any atom is -0.481 e. The first-order valence-electron chi connectivity index (χ1n) is 5.57. The first-order valence-corrected chi connectivity index (χ1v) is 7.37. The van der Waals surface area contributed by atoms with E-state index in [1.54, 1.807) is 13.0 Å². The molecular formula is C10H10N4O5S2. The molecule has 2 heterocycles. The van der Waals surface area contributed by atoms with Crippen LogP contribution in [0.2, 0.25) is 0 Å². The number of amides is 1. The molecule has 0 unspecified atom stereocenters. The van der Waals surface area contributed by atoms with Crippen molar-refractivity contribution in [2.24, 2.45) is 0 Å². The number of carboxylic acids is 1. The Morgan fingerprint density at radius 2 is 2.33 bits per heavy atom. The highest BCUT2D eigenvalue weighted by Gasteiger charge is 2.11. The first-order chi connectivity index (χ1) is 10.0. The summed E-state index contributed by atoms with van der Waals surface area (Å²) in [6, 6.07) is 1.55. The molecule has 0 aromatic carbocycles. The largest absolute Gasteiger partial charge is 0.481 e.